The molecular formula is C13H20N2O2S. The molecule has 0 amide bonds. The van der Waals surface area contributed by atoms with Gasteiger partial charge in [-0.3, -0.25) is 4.79 Å². The predicted octanol–water partition coefficient (Wildman–Crippen LogP) is 1.73. The Morgan fingerprint density at radius 1 is 1.28 bits per heavy atom. The predicted molar refractivity (Wildman–Crippen MR) is 75.1 cm³/mol. The van der Waals surface area contributed by atoms with E-state index < -0.39 is 12.0 Å². The number of aliphatic carboxylic acids is 1. The fraction of sp³-hybridized carbons (Fsp3) is 0.462. The summed E-state index contributed by atoms with van der Waals surface area (Å²) in [4.78, 5) is 12.4. The Morgan fingerprint density at radius 2 is 1.89 bits per heavy atom. The number of hydrogen-bond donors (Lipinski definition) is 3. The molecule has 1 aromatic carbocycles. The van der Waals surface area contributed by atoms with Crippen molar-refractivity contribution in [2.24, 2.45) is 0 Å². The van der Waals surface area contributed by atoms with Crippen molar-refractivity contribution in [1.29, 1.82) is 0 Å². The number of carboxylic acids is 1. The molecule has 0 saturated heterocycles. The van der Waals surface area contributed by atoms with Crippen molar-refractivity contribution in [2.45, 2.75) is 23.9 Å². The summed E-state index contributed by atoms with van der Waals surface area (Å²) in [6, 6.07) is 7.14. The molecule has 0 aliphatic heterocycles. The number of rotatable bonds is 7. The van der Waals surface area contributed by atoms with E-state index in [0.717, 1.165) is 11.3 Å². The first-order valence-corrected chi connectivity index (χ1v) is 6.92. The topological polar surface area (TPSA) is 61.4 Å². The van der Waals surface area contributed by atoms with Gasteiger partial charge >= 0.3 is 5.97 Å². The maximum absolute atomic E-state index is 11.2. The highest BCUT2D eigenvalue weighted by Crippen LogP contribution is 2.22. The number of benzene rings is 1. The summed E-state index contributed by atoms with van der Waals surface area (Å²) in [6.07, 6.45) is 0. The van der Waals surface area contributed by atoms with Crippen LogP contribution >= 0.6 is 11.8 Å². The molecule has 1 aromatic rings. The molecule has 0 aliphatic carbocycles. The van der Waals surface area contributed by atoms with Gasteiger partial charge in [0.2, 0.25) is 0 Å². The van der Waals surface area contributed by atoms with Gasteiger partial charge in [0.1, 0.15) is 6.04 Å². The van der Waals surface area contributed by atoms with E-state index in [2.05, 4.69) is 17.6 Å². The van der Waals surface area contributed by atoms with E-state index in [9.17, 15) is 4.79 Å². The Morgan fingerprint density at radius 3 is 2.28 bits per heavy atom. The lowest BCUT2D eigenvalue weighted by Gasteiger charge is -2.23. The lowest BCUT2D eigenvalue weighted by Crippen LogP contribution is -2.44. The molecule has 0 radical (unpaired) electrons. The number of nitrogens with one attached hydrogen (secondary N) is 2. The third-order valence-electron chi connectivity index (χ3n) is 2.77. The molecule has 0 aromatic heterocycles. The molecule has 2 unspecified atom stereocenters. The minimum Gasteiger partial charge on any atom is -0.480 e. The summed E-state index contributed by atoms with van der Waals surface area (Å²) in [5.74, 6) is 0.173. The average Bonchev–Trinajstić information content (AvgIpc) is 2.37. The first kappa shape index (κ1) is 15.0. The van der Waals surface area contributed by atoms with Gasteiger partial charge < -0.3 is 15.7 Å². The second-order valence-electron chi connectivity index (χ2n) is 3.87. The van der Waals surface area contributed by atoms with E-state index in [1.807, 2.05) is 24.3 Å². The van der Waals surface area contributed by atoms with Crippen LogP contribution in [0.3, 0.4) is 0 Å². The Labute approximate surface area is 112 Å². The van der Waals surface area contributed by atoms with Crippen LogP contribution in [0.15, 0.2) is 29.2 Å². The number of likely N-dealkylation sites (N-methyl/N-ethyl adjacent to an activating group) is 2. The molecule has 0 saturated carbocycles. The zero-order valence-electron chi connectivity index (χ0n) is 10.9. The van der Waals surface area contributed by atoms with Gasteiger partial charge in [-0.25, -0.2) is 0 Å². The van der Waals surface area contributed by atoms with Crippen molar-refractivity contribution in [3.63, 3.8) is 0 Å². The normalized spacial score (nSPS) is 14.2. The van der Waals surface area contributed by atoms with Crippen LogP contribution in [0.25, 0.3) is 0 Å². The van der Waals surface area contributed by atoms with Gasteiger partial charge in [-0.05, 0) is 37.5 Å². The van der Waals surface area contributed by atoms with E-state index in [1.54, 1.807) is 25.9 Å². The van der Waals surface area contributed by atoms with Gasteiger partial charge in [0.05, 0.1) is 6.04 Å². The highest BCUT2D eigenvalue weighted by molar-refractivity contribution is 7.99. The van der Waals surface area contributed by atoms with Crippen molar-refractivity contribution in [1.82, 2.24) is 10.6 Å². The SMILES string of the molecule is CCSc1ccc(C(NC)C(NC)C(=O)O)cc1. The van der Waals surface area contributed by atoms with Crippen LogP contribution in [-0.2, 0) is 4.79 Å². The summed E-state index contributed by atoms with van der Waals surface area (Å²) >= 11 is 1.77. The Hall–Kier alpha value is -1.04. The molecule has 2 atom stereocenters. The van der Waals surface area contributed by atoms with E-state index in [-0.39, 0.29) is 6.04 Å². The van der Waals surface area contributed by atoms with Gasteiger partial charge in [0.25, 0.3) is 0 Å². The zero-order valence-corrected chi connectivity index (χ0v) is 11.8. The lowest BCUT2D eigenvalue weighted by atomic mass is 9.99. The monoisotopic (exact) mass is 268 g/mol. The quantitative estimate of drug-likeness (QED) is 0.657. The molecular weight excluding hydrogens is 248 g/mol. The second kappa shape index (κ2) is 7.41. The van der Waals surface area contributed by atoms with E-state index in [1.165, 1.54) is 4.90 Å². The molecule has 18 heavy (non-hydrogen) atoms. The smallest absolute Gasteiger partial charge is 0.322 e. The van der Waals surface area contributed by atoms with Gasteiger partial charge in [0.15, 0.2) is 0 Å². The fourth-order valence-electron chi connectivity index (χ4n) is 1.90. The number of hydrogen-bond acceptors (Lipinski definition) is 4. The highest BCUT2D eigenvalue weighted by Gasteiger charge is 2.26. The maximum Gasteiger partial charge on any atom is 0.322 e. The number of carbonyl (C=O) groups is 1. The Kier molecular flexibility index (Phi) is 6.18. The molecule has 5 heteroatoms. The summed E-state index contributed by atoms with van der Waals surface area (Å²) in [7, 11) is 3.43. The second-order valence-corrected chi connectivity index (χ2v) is 5.21. The third-order valence-corrected chi connectivity index (χ3v) is 3.67. The van der Waals surface area contributed by atoms with Crippen LogP contribution in [0.5, 0.6) is 0 Å². The molecule has 0 heterocycles. The summed E-state index contributed by atoms with van der Waals surface area (Å²) in [5.41, 5.74) is 0.972. The van der Waals surface area contributed by atoms with Crippen molar-refractivity contribution < 1.29 is 9.90 Å². The molecule has 4 nitrogen and oxygen atoms in total. The van der Waals surface area contributed by atoms with Crippen molar-refractivity contribution in [2.75, 3.05) is 19.8 Å². The third kappa shape index (κ3) is 3.73. The molecule has 0 bridgehead atoms. The molecule has 0 fully saturated rings. The van der Waals surface area contributed by atoms with Crippen LogP contribution in [0.2, 0.25) is 0 Å². The summed E-state index contributed by atoms with van der Waals surface area (Å²) < 4.78 is 0. The van der Waals surface area contributed by atoms with Crippen LogP contribution in [-0.4, -0.2) is 37.0 Å². The van der Waals surface area contributed by atoms with E-state index in [0.29, 0.717) is 0 Å². The van der Waals surface area contributed by atoms with Crippen LogP contribution in [0.1, 0.15) is 18.5 Å². The zero-order chi connectivity index (χ0) is 13.5. The molecule has 1 rings (SSSR count). The molecule has 0 aliphatic rings. The fourth-order valence-corrected chi connectivity index (χ4v) is 2.56. The lowest BCUT2D eigenvalue weighted by molar-refractivity contribution is -0.140. The summed E-state index contributed by atoms with van der Waals surface area (Å²) in [6.45, 7) is 2.11. The highest BCUT2D eigenvalue weighted by atomic mass is 32.2. The number of carboxylic acid groups (broad SMARTS) is 1. The Balaban J connectivity index is 2.90. The summed E-state index contributed by atoms with van der Waals surface area (Å²) in [5, 5.41) is 15.0. The van der Waals surface area contributed by atoms with Gasteiger partial charge in [-0.15, -0.1) is 11.8 Å². The van der Waals surface area contributed by atoms with E-state index >= 15 is 0 Å². The first-order valence-electron chi connectivity index (χ1n) is 5.94. The van der Waals surface area contributed by atoms with Crippen molar-refractivity contribution in [3.8, 4) is 0 Å². The van der Waals surface area contributed by atoms with Gasteiger partial charge in [-0.1, -0.05) is 19.1 Å². The molecule has 0 spiro atoms. The first-order chi connectivity index (χ1) is 8.63. The molecule has 3 N–H and O–H groups in total. The van der Waals surface area contributed by atoms with Crippen molar-refractivity contribution >= 4 is 17.7 Å². The van der Waals surface area contributed by atoms with Gasteiger partial charge in [-0.2, -0.15) is 0 Å². The Bertz CT molecular complexity index is 381. The minimum absolute atomic E-state index is 0.242. The molecule has 100 valence electrons. The van der Waals surface area contributed by atoms with Crippen LogP contribution in [0, 0.1) is 0 Å². The number of thioether (sulfide) groups is 1. The van der Waals surface area contributed by atoms with Gasteiger partial charge in [0, 0.05) is 4.90 Å². The van der Waals surface area contributed by atoms with E-state index in [4.69, 9.17) is 5.11 Å². The minimum atomic E-state index is -0.858. The average molecular weight is 268 g/mol. The van der Waals surface area contributed by atoms with Crippen LogP contribution < -0.4 is 10.6 Å². The van der Waals surface area contributed by atoms with Crippen molar-refractivity contribution in [3.05, 3.63) is 29.8 Å². The standard InChI is InChI=1S/C13H20N2O2S/c1-4-18-10-7-5-9(6-8-10)11(14-2)12(15-3)13(16)17/h5-8,11-12,14-15H,4H2,1-3H3,(H,16,17). The van der Waals surface area contributed by atoms with Crippen LogP contribution in [0.4, 0.5) is 0 Å². The maximum atomic E-state index is 11.2. The largest absolute Gasteiger partial charge is 0.480 e.